The lowest BCUT2D eigenvalue weighted by atomic mass is 9.81. The van der Waals surface area contributed by atoms with Gasteiger partial charge in [0.15, 0.2) is 0 Å². The number of fused-ring (bicyclic) bond motifs is 1. The largest absolute Gasteiger partial charge is 0.388 e. The minimum Gasteiger partial charge on any atom is -0.388 e. The third-order valence-corrected chi connectivity index (χ3v) is 6.79. The van der Waals surface area contributed by atoms with Crippen LogP contribution in [0.15, 0.2) is 55.1 Å². The average Bonchev–Trinajstić information content (AvgIpc) is 3.40. The summed E-state index contributed by atoms with van der Waals surface area (Å²) in [6.07, 6.45) is 10.2. The second-order valence-electron chi connectivity index (χ2n) is 9.38. The van der Waals surface area contributed by atoms with E-state index in [0.29, 0.717) is 23.1 Å². The lowest BCUT2D eigenvalue weighted by Crippen LogP contribution is -2.52. The van der Waals surface area contributed by atoms with Gasteiger partial charge in [0, 0.05) is 36.8 Å². The van der Waals surface area contributed by atoms with Crippen molar-refractivity contribution in [3.05, 3.63) is 72.1 Å². The second kappa shape index (κ2) is 8.68. The molecule has 176 valence electrons. The summed E-state index contributed by atoms with van der Waals surface area (Å²) >= 11 is 0. The molecule has 5 rings (SSSR count). The van der Waals surface area contributed by atoms with Crippen LogP contribution in [0.3, 0.4) is 0 Å². The lowest BCUT2D eigenvalue weighted by molar-refractivity contribution is -0.00860. The van der Waals surface area contributed by atoms with Crippen molar-refractivity contribution < 1.29 is 14.3 Å². The Hall–Kier alpha value is -3.52. The Kier molecular flexibility index (Phi) is 5.69. The standard InChI is InChI=1S/C26H28FN5O2/c1-26(34)10-4-3-7-23(26)30-25(33)20-16-32(22-6-5-11-28-24(20)22)15-18-9-8-17(12-21(18)27)19-13-29-31(2)14-19/h5-6,8-9,11-14,16,23,34H,3-4,7,10,15H2,1-2H3,(H,30,33)/t23-,26+/m0/s1. The van der Waals surface area contributed by atoms with Crippen molar-refractivity contribution in [1.29, 1.82) is 0 Å². The first-order valence-corrected chi connectivity index (χ1v) is 11.6. The third kappa shape index (κ3) is 4.21. The van der Waals surface area contributed by atoms with Crippen LogP contribution in [0.25, 0.3) is 22.2 Å². The van der Waals surface area contributed by atoms with Crippen LogP contribution in [-0.4, -0.2) is 42.0 Å². The molecule has 0 aliphatic heterocycles. The molecule has 34 heavy (non-hydrogen) atoms. The number of aliphatic hydroxyl groups is 1. The van der Waals surface area contributed by atoms with E-state index in [4.69, 9.17) is 0 Å². The van der Waals surface area contributed by atoms with E-state index in [-0.39, 0.29) is 24.3 Å². The fourth-order valence-corrected chi connectivity index (χ4v) is 4.81. The maximum absolute atomic E-state index is 15.0. The first kappa shape index (κ1) is 22.3. The Bertz CT molecular complexity index is 1360. The van der Waals surface area contributed by atoms with Gasteiger partial charge in [0.2, 0.25) is 0 Å². The van der Waals surface area contributed by atoms with Crippen LogP contribution < -0.4 is 5.32 Å². The first-order chi connectivity index (χ1) is 16.3. The molecule has 3 heterocycles. The van der Waals surface area contributed by atoms with Gasteiger partial charge in [-0.15, -0.1) is 0 Å². The zero-order valence-electron chi connectivity index (χ0n) is 19.3. The summed E-state index contributed by atoms with van der Waals surface area (Å²) in [7, 11) is 1.82. The number of hydrogen-bond acceptors (Lipinski definition) is 4. The molecule has 0 saturated heterocycles. The van der Waals surface area contributed by atoms with Crippen LogP contribution in [0.5, 0.6) is 0 Å². The molecule has 0 spiro atoms. The molecule has 2 N–H and O–H groups in total. The van der Waals surface area contributed by atoms with Gasteiger partial charge < -0.3 is 15.0 Å². The first-order valence-electron chi connectivity index (χ1n) is 11.6. The van der Waals surface area contributed by atoms with Crippen LogP contribution in [0.2, 0.25) is 0 Å². The number of halogens is 1. The zero-order chi connectivity index (χ0) is 23.9. The van der Waals surface area contributed by atoms with Crippen molar-refractivity contribution in [2.24, 2.45) is 7.05 Å². The molecule has 1 amide bonds. The zero-order valence-corrected chi connectivity index (χ0v) is 19.3. The molecule has 4 aromatic rings. The van der Waals surface area contributed by atoms with E-state index >= 15 is 4.39 Å². The molecule has 7 nitrogen and oxygen atoms in total. The van der Waals surface area contributed by atoms with Gasteiger partial charge in [-0.05, 0) is 43.5 Å². The summed E-state index contributed by atoms with van der Waals surface area (Å²) in [5.41, 5.74) is 2.91. The van der Waals surface area contributed by atoms with E-state index in [1.165, 1.54) is 6.07 Å². The van der Waals surface area contributed by atoms with E-state index in [2.05, 4.69) is 15.4 Å². The van der Waals surface area contributed by atoms with Gasteiger partial charge in [-0.25, -0.2) is 4.39 Å². The van der Waals surface area contributed by atoms with E-state index in [1.54, 1.807) is 42.3 Å². The Morgan fingerprint density at radius 3 is 2.85 bits per heavy atom. The number of pyridine rings is 1. The van der Waals surface area contributed by atoms with Crippen LogP contribution in [0, 0.1) is 5.82 Å². The average molecular weight is 462 g/mol. The molecule has 2 atom stereocenters. The van der Waals surface area contributed by atoms with Crippen LogP contribution in [-0.2, 0) is 13.6 Å². The van der Waals surface area contributed by atoms with E-state index in [9.17, 15) is 9.90 Å². The third-order valence-electron chi connectivity index (χ3n) is 6.79. The number of rotatable bonds is 5. The van der Waals surface area contributed by atoms with Gasteiger partial charge >= 0.3 is 0 Å². The predicted octanol–water partition coefficient (Wildman–Crippen LogP) is 4.05. The van der Waals surface area contributed by atoms with E-state index < -0.39 is 5.60 Å². The smallest absolute Gasteiger partial charge is 0.255 e. The molecule has 0 unspecified atom stereocenters. The Labute approximate surface area is 197 Å². The Morgan fingerprint density at radius 1 is 1.26 bits per heavy atom. The summed E-state index contributed by atoms with van der Waals surface area (Å²) in [5.74, 6) is -0.599. The number of hydrogen-bond donors (Lipinski definition) is 2. The number of aryl methyl sites for hydroxylation is 1. The number of aromatic nitrogens is 4. The minimum absolute atomic E-state index is 0.260. The summed E-state index contributed by atoms with van der Waals surface area (Å²) in [6, 6.07) is 8.51. The molecule has 8 heteroatoms. The van der Waals surface area contributed by atoms with Gasteiger partial charge in [0.1, 0.15) is 11.3 Å². The Morgan fingerprint density at radius 2 is 2.12 bits per heavy atom. The van der Waals surface area contributed by atoms with Crippen molar-refractivity contribution in [3.8, 4) is 11.1 Å². The molecule has 3 aromatic heterocycles. The highest BCUT2D eigenvalue weighted by Crippen LogP contribution is 2.29. The van der Waals surface area contributed by atoms with Crippen molar-refractivity contribution >= 4 is 16.9 Å². The van der Waals surface area contributed by atoms with E-state index in [0.717, 1.165) is 35.9 Å². The number of carbonyl (C=O) groups is 1. The molecule has 0 radical (unpaired) electrons. The molecule has 1 aliphatic carbocycles. The molecular formula is C26H28FN5O2. The molecule has 0 bridgehead atoms. The summed E-state index contributed by atoms with van der Waals surface area (Å²) in [4.78, 5) is 17.6. The van der Waals surface area contributed by atoms with Crippen molar-refractivity contribution in [1.82, 2.24) is 24.6 Å². The quantitative estimate of drug-likeness (QED) is 0.470. The van der Waals surface area contributed by atoms with Crippen molar-refractivity contribution in [2.45, 2.75) is 50.8 Å². The van der Waals surface area contributed by atoms with Crippen LogP contribution in [0.1, 0.15) is 48.5 Å². The maximum atomic E-state index is 15.0. The number of carbonyl (C=O) groups excluding carboxylic acids is 1. The number of amides is 1. The number of benzene rings is 1. The van der Waals surface area contributed by atoms with Gasteiger partial charge in [-0.2, -0.15) is 5.10 Å². The monoisotopic (exact) mass is 461 g/mol. The fourth-order valence-electron chi connectivity index (χ4n) is 4.81. The summed E-state index contributed by atoms with van der Waals surface area (Å²) < 4.78 is 18.6. The minimum atomic E-state index is -0.932. The van der Waals surface area contributed by atoms with Gasteiger partial charge in [0.25, 0.3) is 5.91 Å². The van der Waals surface area contributed by atoms with Crippen LogP contribution >= 0.6 is 0 Å². The van der Waals surface area contributed by atoms with Crippen molar-refractivity contribution in [3.63, 3.8) is 0 Å². The normalized spacial score (nSPS) is 20.5. The topological polar surface area (TPSA) is 85.0 Å². The molecule has 1 aromatic carbocycles. The highest BCUT2D eigenvalue weighted by Gasteiger charge is 2.36. The van der Waals surface area contributed by atoms with Gasteiger partial charge in [-0.3, -0.25) is 14.5 Å². The second-order valence-corrected chi connectivity index (χ2v) is 9.38. The van der Waals surface area contributed by atoms with Gasteiger partial charge in [0.05, 0.1) is 35.5 Å². The molecule has 1 aliphatic rings. The highest BCUT2D eigenvalue weighted by molar-refractivity contribution is 6.05. The molecule has 1 saturated carbocycles. The molecular weight excluding hydrogens is 433 g/mol. The van der Waals surface area contributed by atoms with E-state index in [1.807, 2.05) is 29.9 Å². The summed E-state index contributed by atoms with van der Waals surface area (Å²) in [6.45, 7) is 2.03. The molecule has 1 fully saturated rings. The summed E-state index contributed by atoms with van der Waals surface area (Å²) in [5, 5.41) is 17.9. The predicted molar refractivity (Wildman–Crippen MR) is 128 cm³/mol. The number of nitrogens with one attached hydrogen (secondary N) is 1. The lowest BCUT2D eigenvalue weighted by Gasteiger charge is -2.37. The highest BCUT2D eigenvalue weighted by atomic mass is 19.1. The van der Waals surface area contributed by atoms with Gasteiger partial charge in [-0.1, -0.05) is 25.0 Å². The number of nitrogens with zero attached hydrogens (tertiary/aromatic N) is 4. The SMILES string of the molecule is Cn1cc(-c2ccc(Cn3cc(C(=O)N[C@H]4CCCC[C@@]4(C)O)c4ncccc43)c(F)c2)cn1. The van der Waals surface area contributed by atoms with Crippen LogP contribution in [0.4, 0.5) is 4.39 Å². The van der Waals surface area contributed by atoms with Crippen molar-refractivity contribution in [2.75, 3.05) is 0 Å². The fraction of sp³-hybridized carbons (Fsp3) is 0.346. The Balaban J connectivity index is 1.43. The maximum Gasteiger partial charge on any atom is 0.255 e.